The fourth-order valence-electron chi connectivity index (χ4n) is 7.29. The fourth-order valence-corrected chi connectivity index (χ4v) is 7.29. The van der Waals surface area contributed by atoms with Gasteiger partial charge in [-0.25, -0.2) is 87.8 Å². The summed E-state index contributed by atoms with van der Waals surface area (Å²) in [6, 6.07) is 18.7. The minimum Gasteiger partial charge on any atom is -0.291 e. The van der Waals surface area contributed by atoms with Gasteiger partial charge in [-0.15, -0.1) is 21.9 Å². The maximum atomic E-state index is 15.4. The van der Waals surface area contributed by atoms with Gasteiger partial charge in [0.15, 0.2) is 76.0 Å². The molecule has 0 fully saturated rings. The van der Waals surface area contributed by atoms with Crippen LogP contribution in [-0.4, -0.2) is 18.2 Å². The molecule has 342 valence electrons. The molecular formula is C42H14BF20NO2. The second-order valence-corrected chi connectivity index (χ2v) is 13.6. The summed E-state index contributed by atoms with van der Waals surface area (Å²) in [6.45, 7) is 0.156. The molecule has 0 radical (unpaired) electrons. The third kappa shape index (κ3) is 7.36. The molecule has 6 aromatic carbocycles. The molecule has 0 bridgehead atoms. The molecule has 0 unspecified atom stereocenters. The third-order valence-corrected chi connectivity index (χ3v) is 10.2. The highest BCUT2D eigenvalue weighted by Gasteiger charge is 2.52. The number of rotatable bonds is 8. The van der Waals surface area contributed by atoms with Crippen molar-refractivity contribution in [2.24, 2.45) is 0 Å². The van der Waals surface area contributed by atoms with Crippen LogP contribution in [-0.2, 0) is 6.54 Å². The molecule has 3 nitrogen and oxygen atoms in total. The molecule has 0 aliphatic carbocycles. The third-order valence-electron chi connectivity index (χ3n) is 10.2. The zero-order valence-electron chi connectivity index (χ0n) is 31.5. The largest absolute Gasteiger partial charge is 0.291 e. The molecule has 0 saturated heterocycles. The van der Waals surface area contributed by atoms with E-state index in [0.29, 0.717) is 11.3 Å². The number of hydrogen-bond donors (Lipinski definition) is 0. The van der Waals surface area contributed by atoms with E-state index in [9.17, 15) is 62.3 Å². The van der Waals surface area contributed by atoms with Gasteiger partial charge in [0.05, 0.1) is 5.39 Å². The van der Waals surface area contributed by atoms with Gasteiger partial charge in [0.1, 0.15) is 52.7 Å². The Hall–Kier alpha value is -7.27. The number of halogens is 20. The predicted molar refractivity (Wildman–Crippen MR) is 190 cm³/mol. The molecule has 66 heavy (non-hydrogen) atoms. The minimum absolute atomic E-state index is 0.0148. The molecule has 0 saturated carbocycles. The number of nitrogens with zero attached hydrogens (tertiary/aromatic N) is 1. The van der Waals surface area contributed by atoms with Crippen molar-refractivity contribution in [1.82, 2.24) is 0 Å². The van der Waals surface area contributed by atoms with Gasteiger partial charge in [-0.2, -0.15) is 4.57 Å². The van der Waals surface area contributed by atoms with Gasteiger partial charge in [0, 0.05) is 11.6 Å². The second-order valence-electron chi connectivity index (χ2n) is 13.6. The molecule has 1 heterocycles. The van der Waals surface area contributed by atoms with Crippen LogP contribution in [0.2, 0.25) is 0 Å². The van der Waals surface area contributed by atoms with Crippen LogP contribution in [0.4, 0.5) is 87.8 Å². The lowest BCUT2D eigenvalue weighted by Gasteiger charge is -2.44. The van der Waals surface area contributed by atoms with E-state index in [1.165, 1.54) is 0 Å². The smallest absolute Gasteiger partial charge is 0.253 e. The monoisotopic (exact) mass is 955 g/mol. The van der Waals surface area contributed by atoms with Crippen molar-refractivity contribution in [2.75, 3.05) is 0 Å². The summed E-state index contributed by atoms with van der Waals surface area (Å²) >= 11 is 0. The molecule has 1 aromatic heterocycles. The molecule has 24 heteroatoms. The first-order valence-corrected chi connectivity index (χ1v) is 17.7. The number of benzene rings is 6. The standard InChI is InChI=1S/C24BF20.C18H14NO2/c26-5-1(6(27)14(35)21(42)13(5)34)25(2-7(28)15(36)22(43)16(37)8(2)29,3-9(30)17(38)23(44)18(39)10(3)31)4-11(32)19(40)24(45)20(41)12(4)33;20-13-17-16-9-5-4-6-14(16)10-11-19(17)12-18(21)15-7-2-1-3-8-15/h;1-11,13H,12H2/q-1;+1. The van der Waals surface area contributed by atoms with Crippen molar-refractivity contribution in [3.63, 3.8) is 0 Å². The number of pyridine rings is 1. The van der Waals surface area contributed by atoms with Crippen LogP contribution in [0.15, 0.2) is 66.9 Å². The summed E-state index contributed by atoms with van der Waals surface area (Å²) in [6.07, 6.45) is -4.63. The SMILES string of the molecule is Fc1c(F)c(F)c([B-](c2c(F)c(F)c(F)c(F)c2F)(c2c(F)c(F)c(F)c(F)c2F)c2c(F)c(F)c(F)c(F)c2F)c(F)c1F.O=Cc1c2ccccc2cc[n+]1CC(=O)c1ccccc1. The number of aromatic nitrogens is 1. The maximum absolute atomic E-state index is 15.4. The van der Waals surface area contributed by atoms with E-state index in [1.807, 2.05) is 48.5 Å². The predicted octanol–water partition coefficient (Wildman–Crippen LogP) is 8.67. The van der Waals surface area contributed by atoms with E-state index >= 15 is 35.1 Å². The lowest BCUT2D eigenvalue weighted by atomic mass is 9.12. The number of ketones is 1. The average Bonchev–Trinajstić information content (AvgIpc) is 3.31. The van der Waals surface area contributed by atoms with Crippen LogP contribution in [0.1, 0.15) is 20.8 Å². The lowest BCUT2D eigenvalue weighted by molar-refractivity contribution is -0.683. The van der Waals surface area contributed by atoms with Gasteiger partial charge >= 0.3 is 0 Å². The van der Waals surface area contributed by atoms with Gasteiger partial charge in [-0.05, 0) is 11.5 Å². The van der Waals surface area contributed by atoms with E-state index < -0.39 is 144 Å². The number of carbonyl (C=O) groups is 2. The van der Waals surface area contributed by atoms with Crippen molar-refractivity contribution in [3.8, 4) is 0 Å². The highest BCUT2D eigenvalue weighted by Crippen LogP contribution is 2.31. The van der Waals surface area contributed by atoms with Gasteiger partial charge in [-0.1, -0.05) is 48.5 Å². The molecule has 0 amide bonds. The molecule has 7 aromatic rings. The van der Waals surface area contributed by atoms with E-state index in [2.05, 4.69) is 0 Å². The molecule has 0 N–H and O–H groups in total. The summed E-state index contributed by atoms with van der Waals surface area (Å²) in [7, 11) is 0. The van der Waals surface area contributed by atoms with Crippen molar-refractivity contribution in [3.05, 3.63) is 194 Å². The Morgan fingerprint density at radius 1 is 0.394 bits per heavy atom. The van der Waals surface area contributed by atoms with Crippen molar-refractivity contribution in [1.29, 1.82) is 0 Å². The highest BCUT2D eigenvalue weighted by molar-refractivity contribution is 7.20. The van der Waals surface area contributed by atoms with Crippen molar-refractivity contribution >= 4 is 50.8 Å². The second kappa shape index (κ2) is 18.0. The van der Waals surface area contributed by atoms with Crippen LogP contribution < -0.4 is 26.4 Å². The first-order chi connectivity index (χ1) is 31.0. The normalized spacial score (nSPS) is 11.5. The molecular weight excluding hydrogens is 941 g/mol. The van der Waals surface area contributed by atoms with Crippen LogP contribution in [0.3, 0.4) is 0 Å². The quantitative estimate of drug-likeness (QED) is 0.0291. The van der Waals surface area contributed by atoms with Crippen LogP contribution >= 0.6 is 0 Å². The molecule has 7 rings (SSSR count). The van der Waals surface area contributed by atoms with E-state index in [-0.39, 0.29) is 12.3 Å². The van der Waals surface area contributed by atoms with Crippen LogP contribution in [0.25, 0.3) is 10.8 Å². The molecule has 0 spiro atoms. The maximum Gasteiger partial charge on any atom is 0.253 e. The number of aldehydes is 1. The summed E-state index contributed by atoms with van der Waals surface area (Å²) in [5.74, 6) is -71.4. The Kier molecular flexibility index (Phi) is 13.1. The Bertz CT molecular complexity index is 2780. The van der Waals surface area contributed by atoms with Crippen LogP contribution in [0.5, 0.6) is 0 Å². The van der Waals surface area contributed by atoms with Gasteiger partial charge < -0.3 is 0 Å². The Morgan fingerprint density at radius 3 is 1.00 bits per heavy atom. The Morgan fingerprint density at radius 2 is 0.682 bits per heavy atom. The van der Waals surface area contributed by atoms with Crippen molar-refractivity contribution in [2.45, 2.75) is 6.54 Å². The topological polar surface area (TPSA) is 38.0 Å². The summed E-state index contributed by atoms with van der Waals surface area (Å²) in [5.41, 5.74) is -13.2. The van der Waals surface area contributed by atoms with E-state index in [4.69, 9.17) is 0 Å². The number of Topliss-reactive ketones (excluding diaryl/α,β-unsaturated/α-hetero) is 1. The number of fused-ring (bicyclic) bond motifs is 1. The van der Waals surface area contributed by atoms with E-state index in [0.717, 1.165) is 17.1 Å². The number of carbonyl (C=O) groups excluding carboxylic acids is 2. The van der Waals surface area contributed by atoms with Crippen molar-refractivity contribution < 1.29 is 102 Å². The Balaban J connectivity index is 0.000000284. The molecule has 0 aliphatic heterocycles. The fraction of sp³-hybridized carbons (Fsp3) is 0.0238. The highest BCUT2D eigenvalue weighted by atomic mass is 19.2. The zero-order chi connectivity index (χ0) is 49.0. The summed E-state index contributed by atoms with van der Waals surface area (Å²) in [5, 5.41) is 1.85. The van der Waals surface area contributed by atoms with Gasteiger partial charge in [0.25, 0.3) is 5.69 Å². The van der Waals surface area contributed by atoms with Gasteiger partial charge in [0.2, 0.25) is 18.6 Å². The zero-order valence-corrected chi connectivity index (χ0v) is 31.5. The summed E-state index contributed by atoms with van der Waals surface area (Å²) < 4.78 is 296. The minimum atomic E-state index is -7.22. The lowest BCUT2D eigenvalue weighted by Crippen LogP contribution is -2.81. The first-order valence-electron chi connectivity index (χ1n) is 17.7. The average molecular weight is 955 g/mol. The van der Waals surface area contributed by atoms with Crippen LogP contribution in [0, 0.1) is 116 Å². The molecule has 0 atom stereocenters. The summed E-state index contributed by atoms with van der Waals surface area (Å²) in [4.78, 5) is 23.7. The van der Waals surface area contributed by atoms with E-state index in [1.54, 1.807) is 22.9 Å². The van der Waals surface area contributed by atoms with Gasteiger partial charge in [-0.3, -0.25) is 9.59 Å². The Labute approximate surface area is 353 Å². The number of hydrogen-bond acceptors (Lipinski definition) is 2. The first kappa shape index (κ1) is 48.2. The molecule has 0 aliphatic rings.